The largest absolute Gasteiger partial charge is 0.417 e. The van der Waals surface area contributed by atoms with Crippen molar-refractivity contribution in [1.29, 1.82) is 0 Å². The van der Waals surface area contributed by atoms with E-state index in [0.29, 0.717) is 0 Å². The fourth-order valence-corrected chi connectivity index (χ4v) is 1.24. The minimum Gasteiger partial charge on any atom is -0.417 e. The zero-order valence-electron chi connectivity index (χ0n) is 7.82. The second kappa shape index (κ2) is 3.05. The molecule has 0 heterocycles. The van der Waals surface area contributed by atoms with Gasteiger partial charge in [-0.3, -0.25) is 0 Å². The first-order valence-corrected chi connectivity index (χ1v) is 7.11. The van der Waals surface area contributed by atoms with Crippen molar-refractivity contribution in [3.8, 4) is 0 Å². The monoisotopic (exact) mass is 159 g/mol. The molecular formula is C8H19OSi. The van der Waals surface area contributed by atoms with Gasteiger partial charge in [-0.2, -0.15) is 0 Å². The molecule has 0 aliphatic heterocycles. The second-order valence-electron chi connectivity index (χ2n) is 4.57. The first-order valence-electron chi connectivity index (χ1n) is 3.70. The maximum atomic E-state index is 5.67. The van der Waals surface area contributed by atoms with Crippen LogP contribution in [0.15, 0.2) is 0 Å². The average molecular weight is 159 g/mol. The van der Waals surface area contributed by atoms with Gasteiger partial charge in [0.05, 0.1) is 0 Å². The molecule has 0 rings (SSSR count). The maximum absolute atomic E-state index is 5.67. The highest BCUT2D eigenvalue weighted by Crippen LogP contribution is 2.15. The molecule has 1 radical (unpaired) electrons. The Morgan fingerprint density at radius 1 is 1.30 bits per heavy atom. The van der Waals surface area contributed by atoms with Crippen molar-refractivity contribution in [3.05, 3.63) is 6.92 Å². The van der Waals surface area contributed by atoms with Gasteiger partial charge < -0.3 is 4.43 Å². The molecule has 0 aromatic rings. The van der Waals surface area contributed by atoms with Gasteiger partial charge in [-0.1, -0.05) is 13.8 Å². The third-order valence-electron chi connectivity index (χ3n) is 0.896. The maximum Gasteiger partial charge on any atom is 0.183 e. The first kappa shape index (κ1) is 10.2. The smallest absolute Gasteiger partial charge is 0.183 e. The summed E-state index contributed by atoms with van der Waals surface area (Å²) in [4.78, 5) is 0. The van der Waals surface area contributed by atoms with E-state index in [-0.39, 0.29) is 5.41 Å². The van der Waals surface area contributed by atoms with Crippen LogP contribution >= 0.6 is 0 Å². The lowest BCUT2D eigenvalue weighted by atomic mass is 9.99. The molecule has 10 heavy (non-hydrogen) atoms. The molecule has 1 nitrogen and oxygen atoms in total. The van der Waals surface area contributed by atoms with Crippen molar-refractivity contribution in [1.82, 2.24) is 0 Å². The zero-order valence-corrected chi connectivity index (χ0v) is 8.82. The van der Waals surface area contributed by atoms with Gasteiger partial charge in [0.25, 0.3) is 0 Å². The van der Waals surface area contributed by atoms with Crippen LogP contribution in [-0.2, 0) is 4.43 Å². The van der Waals surface area contributed by atoms with Crippen molar-refractivity contribution in [2.45, 2.75) is 33.5 Å². The van der Waals surface area contributed by atoms with Crippen LogP contribution in [0.2, 0.25) is 19.6 Å². The van der Waals surface area contributed by atoms with Crippen LogP contribution in [0.3, 0.4) is 0 Å². The van der Waals surface area contributed by atoms with Gasteiger partial charge >= 0.3 is 0 Å². The Morgan fingerprint density at radius 3 is 1.80 bits per heavy atom. The molecule has 0 unspecified atom stereocenters. The minimum atomic E-state index is -1.31. The minimum absolute atomic E-state index is 0.0697. The summed E-state index contributed by atoms with van der Waals surface area (Å²) < 4.78 is 5.67. The summed E-state index contributed by atoms with van der Waals surface area (Å²) in [7, 11) is -1.31. The van der Waals surface area contributed by atoms with Crippen molar-refractivity contribution in [2.75, 3.05) is 6.61 Å². The van der Waals surface area contributed by atoms with E-state index in [0.717, 1.165) is 6.61 Å². The zero-order chi connectivity index (χ0) is 8.41. The molecule has 0 aliphatic rings. The Balaban J connectivity index is 3.56. The molecule has 61 valence electrons. The van der Waals surface area contributed by atoms with E-state index in [1.165, 1.54) is 0 Å². The van der Waals surface area contributed by atoms with Crippen LogP contribution in [0, 0.1) is 12.3 Å². The topological polar surface area (TPSA) is 9.23 Å². The lowest BCUT2D eigenvalue weighted by Crippen LogP contribution is -2.30. The van der Waals surface area contributed by atoms with E-state index in [9.17, 15) is 0 Å². The van der Waals surface area contributed by atoms with Gasteiger partial charge in [0.2, 0.25) is 0 Å². The summed E-state index contributed by atoms with van der Waals surface area (Å²) in [5, 5.41) is 0. The predicted molar refractivity (Wildman–Crippen MR) is 48.4 cm³/mol. The van der Waals surface area contributed by atoms with Crippen LogP contribution < -0.4 is 0 Å². The summed E-state index contributed by atoms with van der Waals surface area (Å²) in [6.45, 7) is 15.5. The third kappa shape index (κ3) is 8.18. The first-order chi connectivity index (χ1) is 4.21. The Hall–Kier alpha value is 0.177. The SMILES string of the molecule is [CH2]C(C)(C)CO[Si](C)(C)C. The summed E-state index contributed by atoms with van der Waals surface area (Å²) in [6.07, 6.45) is 0. The van der Waals surface area contributed by atoms with Gasteiger partial charge in [-0.15, -0.1) is 0 Å². The lowest BCUT2D eigenvalue weighted by Gasteiger charge is -2.24. The molecule has 0 fully saturated rings. The van der Waals surface area contributed by atoms with E-state index >= 15 is 0 Å². The fourth-order valence-electron chi connectivity index (χ4n) is 0.412. The fraction of sp³-hybridized carbons (Fsp3) is 0.875. The molecule has 0 aromatic heterocycles. The Kier molecular flexibility index (Phi) is 3.11. The molecule has 0 aromatic carbocycles. The summed E-state index contributed by atoms with van der Waals surface area (Å²) >= 11 is 0. The molecule has 0 spiro atoms. The average Bonchev–Trinajstić information content (AvgIpc) is 1.57. The van der Waals surface area contributed by atoms with E-state index < -0.39 is 8.32 Å². The van der Waals surface area contributed by atoms with Crippen LogP contribution in [-0.4, -0.2) is 14.9 Å². The van der Waals surface area contributed by atoms with E-state index in [1.54, 1.807) is 0 Å². The Bertz CT molecular complexity index is 82.8. The van der Waals surface area contributed by atoms with Crippen molar-refractivity contribution < 1.29 is 4.43 Å². The van der Waals surface area contributed by atoms with Gasteiger partial charge in [0, 0.05) is 6.61 Å². The van der Waals surface area contributed by atoms with Crippen LogP contribution in [0.4, 0.5) is 0 Å². The van der Waals surface area contributed by atoms with E-state index in [4.69, 9.17) is 4.43 Å². The van der Waals surface area contributed by atoms with Crippen LogP contribution in [0.5, 0.6) is 0 Å². The molecule has 0 aliphatic carbocycles. The Morgan fingerprint density at radius 2 is 1.70 bits per heavy atom. The molecular weight excluding hydrogens is 140 g/mol. The normalized spacial score (nSPS) is 13.8. The second-order valence-corrected chi connectivity index (χ2v) is 9.08. The highest BCUT2D eigenvalue weighted by Gasteiger charge is 2.18. The Labute approximate surface area is 65.9 Å². The molecule has 2 heteroatoms. The quantitative estimate of drug-likeness (QED) is 0.575. The lowest BCUT2D eigenvalue weighted by molar-refractivity contribution is 0.213. The van der Waals surface area contributed by atoms with Gasteiger partial charge in [-0.25, -0.2) is 0 Å². The highest BCUT2D eigenvalue weighted by atomic mass is 28.4. The molecule has 0 N–H and O–H groups in total. The van der Waals surface area contributed by atoms with Crippen molar-refractivity contribution in [2.24, 2.45) is 5.41 Å². The molecule has 0 bridgehead atoms. The van der Waals surface area contributed by atoms with Crippen LogP contribution in [0.25, 0.3) is 0 Å². The van der Waals surface area contributed by atoms with Gasteiger partial charge in [-0.05, 0) is 32.0 Å². The van der Waals surface area contributed by atoms with E-state index in [1.807, 2.05) is 0 Å². The van der Waals surface area contributed by atoms with Gasteiger partial charge in [0.15, 0.2) is 8.32 Å². The highest BCUT2D eigenvalue weighted by molar-refractivity contribution is 6.69. The summed E-state index contributed by atoms with van der Waals surface area (Å²) in [6, 6.07) is 0. The molecule has 0 saturated carbocycles. The van der Waals surface area contributed by atoms with E-state index in [2.05, 4.69) is 40.4 Å². The number of rotatable bonds is 3. The van der Waals surface area contributed by atoms with Crippen molar-refractivity contribution >= 4 is 8.32 Å². The van der Waals surface area contributed by atoms with Crippen molar-refractivity contribution in [3.63, 3.8) is 0 Å². The predicted octanol–water partition coefficient (Wildman–Crippen LogP) is 2.70. The molecule has 0 amide bonds. The summed E-state index contributed by atoms with van der Waals surface area (Å²) in [5.41, 5.74) is 0.0697. The summed E-state index contributed by atoms with van der Waals surface area (Å²) in [5.74, 6) is 0. The number of hydrogen-bond acceptors (Lipinski definition) is 1. The third-order valence-corrected chi connectivity index (χ3v) is 1.91. The molecule has 0 saturated heterocycles. The van der Waals surface area contributed by atoms with Crippen LogP contribution in [0.1, 0.15) is 13.8 Å². The number of hydrogen-bond donors (Lipinski definition) is 0. The molecule has 0 atom stereocenters. The standard InChI is InChI=1S/C8H19OSi/c1-8(2,3)7-9-10(4,5)6/h1,7H2,2-6H3. The van der Waals surface area contributed by atoms with Gasteiger partial charge in [0.1, 0.15) is 0 Å².